The van der Waals surface area contributed by atoms with Crippen molar-refractivity contribution in [3.05, 3.63) is 67.7 Å². The SMILES string of the molecule is CCOC(=O)c1cc(C(=O)NC2CCOc3ccc(Br)cc32)cc([N+](=O)[O-])c1. The number of carbonyl (C=O) groups excluding carboxylic acids is 2. The molecule has 0 radical (unpaired) electrons. The summed E-state index contributed by atoms with van der Waals surface area (Å²) in [6, 6.07) is 8.71. The van der Waals surface area contributed by atoms with Crippen LogP contribution in [0.3, 0.4) is 0 Å². The van der Waals surface area contributed by atoms with E-state index in [1.54, 1.807) is 6.92 Å². The van der Waals surface area contributed by atoms with Crippen LogP contribution in [0.1, 0.15) is 45.7 Å². The van der Waals surface area contributed by atoms with Gasteiger partial charge in [0.15, 0.2) is 0 Å². The van der Waals surface area contributed by atoms with Crippen LogP contribution in [0.2, 0.25) is 0 Å². The number of hydrogen-bond acceptors (Lipinski definition) is 6. The van der Waals surface area contributed by atoms with Crippen molar-refractivity contribution < 1.29 is 24.0 Å². The number of nitrogens with one attached hydrogen (secondary N) is 1. The van der Waals surface area contributed by atoms with Crippen LogP contribution in [0.5, 0.6) is 5.75 Å². The lowest BCUT2D eigenvalue weighted by Gasteiger charge is -2.27. The monoisotopic (exact) mass is 448 g/mol. The summed E-state index contributed by atoms with van der Waals surface area (Å²) in [5.41, 5.74) is 0.424. The zero-order chi connectivity index (χ0) is 20.3. The number of ether oxygens (including phenoxy) is 2. The average Bonchev–Trinajstić information content (AvgIpc) is 2.68. The van der Waals surface area contributed by atoms with E-state index in [4.69, 9.17) is 9.47 Å². The van der Waals surface area contributed by atoms with E-state index < -0.39 is 16.8 Å². The first-order chi connectivity index (χ1) is 13.4. The highest BCUT2D eigenvalue weighted by Crippen LogP contribution is 2.34. The van der Waals surface area contributed by atoms with Crippen LogP contribution in [0.25, 0.3) is 0 Å². The van der Waals surface area contributed by atoms with Crippen molar-refractivity contribution >= 4 is 33.5 Å². The Kier molecular flexibility index (Phi) is 5.93. The standard InChI is InChI=1S/C19H17BrN2O6/c1-2-27-19(24)12-7-11(8-14(9-12)22(25)26)18(23)21-16-5-6-28-17-4-3-13(20)10-15(16)17/h3-4,7-10,16H,2,5-6H2,1H3,(H,21,23). The summed E-state index contributed by atoms with van der Waals surface area (Å²) in [6.45, 7) is 2.18. The number of fused-ring (bicyclic) bond motifs is 1. The molecule has 0 saturated carbocycles. The van der Waals surface area contributed by atoms with Crippen LogP contribution in [-0.2, 0) is 4.74 Å². The first-order valence-electron chi connectivity index (χ1n) is 8.58. The Labute approximate surface area is 169 Å². The van der Waals surface area contributed by atoms with Crippen molar-refractivity contribution in [3.8, 4) is 5.75 Å². The summed E-state index contributed by atoms with van der Waals surface area (Å²) >= 11 is 3.40. The average molecular weight is 449 g/mol. The summed E-state index contributed by atoms with van der Waals surface area (Å²) in [5.74, 6) is -0.571. The molecule has 0 aromatic heterocycles. The van der Waals surface area contributed by atoms with E-state index in [1.165, 1.54) is 6.07 Å². The molecule has 0 fully saturated rings. The van der Waals surface area contributed by atoms with Crippen LogP contribution >= 0.6 is 15.9 Å². The van der Waals surface area contributed by atoms with Gasteiger partial charge in [-0.15, -0.1) is 0 Å². The first-order valence-corrected chi connectivity index (χ1v) is 9.38. The van der Waals surface area contributed by atoms with Crippen LogP contribution in [-0.4, -0.2) is 30.0 Å². The largest absolute Gasteiger partial charge is 0.493 e. The number of esters is 1. The van der Waals surface area contributed by atoms with E-state index in [9.17, 15) is 19.7 Å². The van der Waals surface area contributed by atoms with Gasteiger partial charge in [0.25, 0.3) is 11.6 Å². The number of non-ortho nitro benzene ring substituents is 1. The topological polar surface area (TPSA) is 108 Å². The van der Waals surface area contributed by atoms with Crippen molar-refractivity contribution in [1.29, 1.82) is 0 Å². The minimum absolute atomic E-state index is 0.0142. The number of halogens is 1. The van der Waals surface area contributed by atoms with E-state index in [2.05, 4.69) is 21.2 Å². The molecule has 1 amide bonds. The van der Waals surface area contributed by atoms with Gasteiger partial charge >= 0.3 is 5.97 Å². The summed E-state index contributed by atoms with van der Waals surface area (Å²) in [7, 11) is 0. The molecule has 1 aliphatic heterocycles. The normalized spacial score (nSPS) is 15.1. The molecule has 1 atom stereocenters. The molecular weight excluding hydrogens is 432 g/mol. The number of benzene rings is 2. The Morgan fingerprint density at radius 2 is 2.04 bits per heavy atom. The summed E-state index contributed by atoms with van der Waals surface area (Å²) < 4.78 is 11.3. The molecule has 0 spiro atoms. The van der Waals surface area contributed by atoms with E-state index in [-0.39, 0.29) is 29.5 Å². The van der Waals surface area contributed by atoms with Crippen LogP contribution < -0.4 is 10.1 Å². The molecular formula is C19H17BrN2O6. The van der Waals surface area contributed by atoms with Crippen molar-refractivity contribution in [2.24, 2.45) is 0 Å². The van der Waals surface area contributed by atoms with Crippen LogP contribution in [0, 0.1) is 10.1 Å². The molecule has 2 aromatic rings. The van der Waals surface area contributed by atoms with Crippen molar-refractivity contribution in [2.75, 3.05) is 13.2 Å². The Hall–Kier alpha value is -2.94. The lowest BCUT2D eigenvalue weighted by Crippen LogP contribution is -2.32. The molecule has 3 rings (SSSR count). The quantitative estimate of drug-likeness (QED) is 0.423. The molecule has 9 heteroatoms. The fourth-order valence-electron chi connectivity index (χ4n) is 2.94. The van der Waals surface area contributed by atoms with Gasteiger partial charge in [-0.1, -0.05) is 15.9 Å². The van der Waals surface area contributed by atoms with E-state index in [1.807, 2.05) is 18.2 Å². The smallest absolute Gasteiger partial charge is 0.338 e. The van der Waals surface area contributed by atoms with E-state index >= 15 is 0 Å². The number of rotatable bonds is 5. The lowest BCUT2D eigenvalue weighted by atomic mass is 10.00. The number of carbonyl (C=O) groups is 2. The molecule has 1 N–H and O–H groups in total. The zero-order valence-corrected chi connectivity index (χ0v) is 16.5. The van der Waals surface area contributed by atoms with Crippen molar-refractivity contribution in [1.82, 2.24) is 5.32 Å². The minimum atomic E-state index is -0.722. The van der Waals surface area contributed by atoms with E-state index in [0.29, 0.717) is 18.8 Å². The second-order valence-corrected chi connectivity index (χ2v) is 7.01. The first kappa shape index (κ1) is 19.8. The molecule has 0 bridgehead atoms. The Morgan fingerprint density at radius 1 is 1.29 bits per heavy atom. The summed E-state index contributed by atoms with van der Waals surface area (Å²) in [4.78, 5) is 35.3. The number of hydrogen-bond donors (Lipinski definition) is 1. The summed E-state index contributed by atoms with van der Waals surface area (Å²) in [6.07, 6.45) is 0.550. The van der Waals surface area contributed by atoms with Crippen LogP contribution in [0.15, 0.2) is 40.9 Å². The van der Waals surface area contributed by atoms with Gasteiger partial charge in [0.1, 0.15) is 5.75 Å². The highest BCUT2D eigenvalue weighted by Gasteiger charge is 2.25. The molecule has 0 aliphatic carbocycles. The van der Waals surface area contributed by atoms with Gasteiger partial charge in [0.2, 0.25) is 0 Å². The highest BCUT2D eigenvalue weighted by atomic mass is 79.9. The highest BCUT2D eigenvalue weighted by molar-refractivity contribution is 9.10. The van der Waals surface area contributed by atoms with Gasteiger partial charge in [-0.3, -0.25) is 14.9 Å². The number of amides is 1. The maximum Gasteiger partial charge on any atom is 0.338 e. The number of nitro groups is 1. The van der Waals surface area contributed by atoms with Gasteiger partial charge < -0.3 is 14.8 Å². The molecule has 1 heterocycles. The fraction of sp³-hybridized carbons (Fsp3) is 0.263. The predicted octanol–water partition coefficient (Wildman–Crippen LogP) is 3.79. The van der Waals surface area contributed by atoms with Crippen LogP contribution in [0.4, 0.5) is 5.69 Å². The van der Waals surface area contributed by atoms with Gasteiger partial charge in [-0.05, 0) is 31.2 Å². The molecule has 1 unspecified atom stereocenters. The van der Waals surface area contributed by atoms with Crippen molar-refractivity contribution in [3.63, 3.8) is 0 Å². The molecule has 1 aliphatic rings. The summed E-state index contributed by atoms with van der Waals surface area (Å²) in [5, 5.41) is 14.1. The molecule has 0 saturated heterocycles. The molecule has 28 heavy (non-hydrogen) atoms. The molecule has 8 nitrogen and oxygen atoms in total. The third-order valence-corrected chi connectivity index (χ3v) is 4.71. The Balaban J connectivity index is 1.90. The maximum atomic E-state index is 12.8. The third-order valence-electron chi connectivity index (χ3n) is 4.22. The molecule has 146 valence electrons. The fourth-order valence-corrected chi connectivity index (χ4v) is 3.32. The van der Waals surface area contributed by atoms with Gasteiger partial charge in [-0.2, -0.15) is 0 Å². The number of nitrogens with zero attached hydrogens (tertiary/aromatic N) is 1. The zero-order valence-electron chi connectivity index (χ0n) is 14.9. The third kappa shape index (κ3) is 4.30. The van der Waals surface area contributed by atoms with Gasteiger partial charge in [0.05, 0.1) is 29.7 Å². The maximum absolute atomic E-state index is 12.8. The van der Waals surface area contributed by atoms with Crippen molar-refractivity contribution in [2.45, 2.75) is 19.4 Å². The lowest BCUT2D eigenvalue weighted by molar-refractivity contribution is -0.384. The molecule has 2 aromatic carbocycles. The minimum Gasteiger partial charge on any atom is -0.493 e. The second-order valence-electron chi connectivity index (χ2n) is 6.09. The predicted molar refractivity (Wildman–Crippen MR) is 104 cm³/mol. The number of nitro benzene ring substituents is 1. The van der Waals surface area contributed by atoms with Gasteiger partial charge in [-0.25, -0.2) is 4.79 Å². The Bertz CT molecular complexity index is 946. The Morgan fingerprint density at radius 3 is 2.75 bits per heavy atom. The van der Waals surface area contributed by atoms with Gasteiger partial charge in [0, 0.05) is 34.2 Å². The van der Waals surface area contributed by atoms with E-state index in [0.717, 1.165) is 22.2 Å². The second kappa shape index (κ2) is 8.39.